The molecule has 4 heteroatoms. The van der Waals surface area contributed by atoms with Gasteiger partial charge in [0.2, 0.25) is 0 Å². The number of amides is 2. The van der Waals surface area contributed by atoms with Gasteiger partial charge in [0, 0.05) is 31.5 Å². The third-order valence-electron chi connectivity index (χ3n) is 3.01. The largest absolute Gasteiger partial charge is 0.353 e. The molecule has 1 saturated carbocycles. The normalized spacial score (nSPS) is 16.2. The van der Waals surface area contributed by atoms with Gasteiger partial charge in [-0.15, -0.1) is 0 Å². The molecule has 1 heterocycles. The van der Waals surface area contributed by atoms with Crippen LogP contribution in [-0.4, -0.2) is 23.2 Å². The second-order valence-corrected chi connectivity index (χ2v) is 4.30. The number of carbonyl (C=O) groups excluding carboxylic acids is 1. The summed E-state index contributed by atoms with van der Waals surface area (Å²) in [4.78, 5) is 11.5. The second-order valence-electron chi connectivity index (χ2n) is 4.30. The Labute approximate surface area is 96.0 Å². The van der Waals surface area contributed by atoms with Crippen LogP contribution in [0.3, 0.4) is 0 Å². The molecular formula is C12H19N3O. The maximum absolute atomic E-state index is 11.5. The first kappa shape index (κ1) is 11.0. The van der Waals surface area contributed by atoms with Crippen molar-refractivity contribution >= 4 is 6.03 Å². The van der Waals surface area contributed by atoms with Crippen molar-refractivity contribution in [1.82, 2.24) is 15.2 Å². The minimum Gasteiger partial charge on any atom is -0.353 e. The van der Waals surface area contributed by atoms with Crippen molar-refractivity contribution in [2.24, 2.45) is 0 Å². The smallest absolute Gasteiger partial charge is 0.315 e. The van der Waals surface area contributed by atoms with Crippen molar-refractivity contribution in [2.75, 3.05) is 6.54 Å². The summed E-state index contributed by atoms with van der Waals surface area (Å²) in [6.45, 7) is 1.50. The fraction of sp³-hybridized carbons (Fsp3) is 0.583. The van der Waals surface area contributed by atoms with Crippen LogP contribution in [0.1, 0.15) is 25.7 Å². The monoisotopic (exact) mass is 221 g/mol. The quantitative estimate of drug-likeness (QED) is 0.799. The SMILES string of the molecule is O=C(NCCn1cccc1)NC1CCCC1. The lowest BCUT2D eigenvalue weighted by molar-refractivity contribution is 0.236. The van der Waals surface area contributed by atoms with Crippen LogP contribution in [-0.2, 0) is 6.54 Å². The van der Waals surface area contributed by atoms with Crippen molar-refractivity contribution in [3.63, 3.8) is 0 Å². The van der Waals surface area contributed by atoms with E-state index in [-0.39, 0.29) is 6.03 Å². The maximum Gasteiger partial charge on any atom is 0.315 e. The Balaban J connectivity index is 1.60. The van der Waals surface area contributed by atoms with E-state index in [1.54, 1.807) is 0 Å². The number of hydrogen-bond donors (Lipinski definition) is 2. The van der Waals surface area contributed by atoms with Crippen LogP contribution < -0.4 is 10.6 Å². The van der Waals surface area contributed by atoms with Crippen molar-refractivity contribution in [1.29, 1.82) is 0 Å². The molecule has 88 valence electrons. The molecule has 1 fully saturated rings. The van der Waals surface area contributed by atoms with Crippen LogP contribution in [0.4, 0.5) is 4.79 Å². The van der Waals surface area contributed by atoms with Crippen LogP contribution in [0.25, 0.3) is 0 Å². The van der Waals surface area contributed by atoms with Crippen LogP contribution in [0.5, 0.6) is 0 Å². The van der Waals surface area contributed by atoms with Gasteiger partial charge in [0.15, 0.2) is 0 Å². The molecule has 0 radical (unpaired) electrons. The van der Waals surface area contributed by atoms with Crippen molar-refractivity contribution in [3.05, 3.63) is 24.5 Å². The van der Waals surface area contributed by atoms with Gasteiger partial charge in [-0.25, -0.2) is 4.79 Å². The lowest BCUT2D eigenvalue weighted by atomic mass is 10.2. The molecule has 1 aromatic rings. The second kappa shape index (κ2) is 5.58. The molecule has 0 bridgehead atoms. The first-order valence-corrected chi connectivity index (χ1v) is 6.00. The van der Waals surface area contributed by atoms with E-state index in [9.17, 15) is 4.79 Å². The average Bonchev–Trinajstić information content (AvgIpc) is 2.90. The van der Waals surface area contributed by atoms with Gasteiger partial charge in [0.25, 0.3) is 0 Å². The van der Waals surface area contributed by atoms with E-state index in [0.29, 0.717) is 12.6 Å². The van der Waals surface area contributed by atoms with Crippen molar-refractivity contribution in [3.8, 4) is 0 Å². The number of aromatic nitrogens is 1. The molecule has 0 unspecified atom stereocenters. The number of hydrogen-bond acceptors (Lipinski definition) is 1. The summed E-state index contributed by atoms with van der Waals surface area (Å²) in [6, 6.07) is 4.34. The zero-order chi connectivity index (χ0) is 11.2. The van der Waals surface area contributed by atoms with Crippen LogP contribution in [0.15, 0.2) is 24.5 Å². The van der Waals surface area contributed by atoms with Crippen LogP contribution in [0, 0.1) is 0 Å². The Bertz CT molecular complexity index is 315. The highest BCUT2D eigenvalue weighted by atomic mass is 16.2. The van der Waals surface area contributed by atoms with Gasteiger partial charge in [-0.05, 0) is 25.0 Å². The van der Waals surface area contributed by atoms with Gasteiger partial charge >= 0.3 is 6.03 Å². The standard InChI is InChI=1S/C12H19N3O/c16-12(14-11-5-1-2-6-11)13-7-10-15-8-3-4-9-15/h3-4,8-9,11H,1-2,5-7,10H2,(H2,13,14,16). The summed E-state index contributed by atoms with van der Waals surface area (Å²) in [6.07, 6.45) is 8.74. The summed E-state index contributed by atoms with van der Waals surface area (Å²) in [5.74, 6) is 0. The van der Waals surface area contributed by atoms with E-state index in [0.717, 1.165) is 19.4 Å². The summed E-state index contributed by atoms with van der Waals surface area (Å²) < 4.78 is 2.05. The van der Waals surface area contributed by atoms with Gasteiger partial charge in [-0.1, -0.05) is 12.8 Å². The van der Waals surface area contributed by atoms with Gasteiger partial charge in [-0.3, -0.25) is 0 Å². The van der Waals surface area contributed by atoms with Gasteiger partial charge in [0.1, 0.15) is 0 Å². The summed E-state index contributed by atoms with van der Waals surface area (Å²) in [5, 5.41) is 5.88. The Hall–Kier alpha value is -1.45. The number of nitrogens with zero attached hydrogens (tertiary/aromatic N) is 1. The highest BCUT2D eigenvalue weighted by Gasteiger charge is 2.16. The maximum atomic E-state index is 11.5. The number of carbonyl (C=O) groups is 1. The van der Waals surface area contributed by atoms with E-state index in [2.05, 4.69) is 15.2 Å². The molecule has 2 amide bonds. The van der Waals surface area contributed by atoms with Gasteiger partial charge < -0.3 is 15.2 Å². The molecule has 1 aromatic heterocycles. The van der Waals surface area contributed by atoms with Crippen molar-refractivity contribution in [2.45, 2.75) is 38.3 Å². The zero-order valence-electron chi connectivity index (χ0n) is 9.48. The zero-order valence-corrected chi connectivity index (χ0v) is 9.48. The third kappa shape index (κ3) is 3.29. The minimum absolute atomic E-state index is 0.0287. The lowest BCUT2D eigenvalue weighted by Gasteiger charge is -2.13. The predicted octanol–water partition coefficient (Wildman–Crippen LogP) is 1.73. The molecule has 2 rings (SSSR count). The molecule has 4 nitrogen and oxygen atoms in total. The van der Waals surface area contributed by atoms with E-state index in [1.165, 1.54) is 12.8 Å². The van der Waals surface area contributed by atoms with Crippen LogP contribution >= 0.6 is 0 Å². The fourth-order valence-electron chi connectivity index (χ4n) is 2.12. The number of rotatable bonds is 4. The fourth-order valence-corrected chi connectivity index (χ4v) is 2.12. The topological polar surface area (TPSA) is 46.1 Å². The van der Waals surface area contributed by atoms with Crippen LogP contribution in [0.2, 0.25) is 0 Å². The summed E-state index contributed by atoms with van der Waals surface area (Å²) >= 11 is 0. The first-order chi connectivity index (χ1) is 7.84. The molecule has 0 saturated heterocycles. The molecule has 0 aliphatic heterocycles. The van der Waals surface area contributed by atoms with Crippen molar-refractivity contribution < 1.29 is 4.79 Å². The Morgan fingerprint density at radius 2 is 1.94 bits per heavy atom. The molecule has 16 heavy (non-hydrogen) atoms. The first-order valence-electron chi connectivity index (χ1n) is 6.00. The Kier molecular flexibility index (Phi) is 3.86. The van der Waals surface area contributed by atoms with Gasteiger partial charge in [0.05, 0.1) is 0 Å². The molecule has 0 aromatic carbocycles. The predicted molar refractivity (Wildman–Crippen MR) is 63.2 cm³/mol. The lowest BCUT2D eigenvalue weighted by Crippen LogP contribution is -2.41. The van der Waals surface area contributed by atoms with E-state index in [4.69, 9.17) is 0 Å². The molecule has 2 N–H and O–H groups in total. The van der Waals surface area contributed by atoms with E-state index in [1.807, 2.05) is 24.5 Å². The Morgan fingerprint density at radius 3 is 2.62 bits per heavy atom. The summed E-state index contributed by atoms with van der Waals surface area (Å²) in [5.41, 5.74) is 0. The molecule has 1 aliphatic carbocycles. The molecule has 1 aliphatic rings. The average molecular weight is 221 g/mol. The Morgan fingerprint density at radius 1 is 1.25 bits per heavy atom. The third-order valence-corrected chi connectivity index (χ3v) is 3.01. The van der Waals surface area contributed by atoms with E-state index < -0.39 is 0 Å². The molecular weight excluding hydrogens is 202 g/mol. The van der Waals surface area contributed by atoms with E-state index >= 15 is 0 Å². The number of nitrogens with one attached hydrogen (secondary N) is 2. The highest BCUT2D eigenvalue weighted by Crippen LogP contribution is 2.17. The summed E-state index contributed by atoms with van der Waals surface area (Å²) in [7, 11) is 0. The number of urea groups is 1. The molecule has 0 atom stereocenters. The minimum atomic E-state index is -0.0287. The molecule has 0 spiro atoms. The highest BCUT2D eigenvalue weighted by molar-refractivity contribution is 5.74. The van der Waals surface area contributed by atoms with Gasteiger partial charge in [-0.2, -0.15) is 0 Å².